The number of primary amides is 1. The summed E-state index contributed by atoms with van der Waals surface area (Å²) in [5, 5.41) is 6.60. The van der Waals surface area contributed by atoms with E-state index in [4.69, 9.17) is 5.73 Å². The fourth-order valence-corrected chi connectivity index (χ4v) is 2.35. The minimum Gasteiger partial charge on any atom is -0.368 e. The number of nitrogens with zero attached hydrogens (tertiary/aromatic N) is 1. The first-order valence-electron chi connectivity index (χ1n) is 6.62. The van der Waals surface area contributed by atoms with Gasteiger partial charge in [0.1, 0.15) is 5.54 Å². The summed E-state index contributed by atoms with van der Waals surface area (Å²) in [4.78, 5) is 13.9. The lowest BCUT2D eigenvalue weighted by molar-refractivity contribution is -0.125. The summed E-state index contributed by atoms with van der Waals surface area (Å²) in [5.74, 6) is -0.232. The van der Waals surface area contributed by atoms with E-state index in [1.807, 2.05) is 0 Å². The van der Waals surface area contributed by atoms with Crippen LogP contribution in [0, 0.1) is 0 Å². The fourth-order valence-electron chi connectivity index (χ4n) is 2.35. The van der Waals surface area contributed by atoms with Crippen molar-refractivity contribution in [3.8, 4) is 0 Å². The molecule has 1 amide bonds. The van der Waals surface area contributed by atoms with Gasteiger partial charge in [-0.1, -0.05) is 13.8 Å². The van der Waals surface area contributed by atoms with Crippen molar-refractivity contribution in [2.24, 2.45) is 5.73 Å². The largest absolute Gasteiger partial charge is 0.368 e. The highest BCUT2D eigenvalue weighted by Gasteiger charge is 2.37. The van der Waals surface area contributed by atoms with Crippen LogP contribution in [-0.2, 0) is 4.79 Å². The van der Waals surface area contributed by atoms with Gasteiger partial charge < -0.3 is 21.3 Å². The predicted octanol–water partition coefficient (Wildman–Crippen LogP) is -0.475. The summed E-state index contributed by atoms with van der Waals surface area (Å²) in [5.41, 5.74) is 4.99. The molecule has 0 bridgehead atoms. The summed E-state index contributed by atoms with van der Waals surface area (Å²) in [6.07, 6.45) is 1.84. The molecule has 1 saturated heterocycles. The van der Waals surface area contributed by atoms with E-state index in [-0.39, 0.29) is 5.91 Å². The normalized spacial score (nSPS) is 25.1. The van der Waals surface area contributed by atoms with E-state index in [1.165, 1.54) is 0 Å². The van der Waals surface area contributed by atoms with Crippen LogP contribution in [-0.4, -0.2) is 55.6 Å². The van der Waals surface area contributed by atoms with Gasteiger partial charge in [0.2, 0.25) is 5.91 Å². The van der Waals surface area contributed by atoms with Gasteiger partial charge in [0, 0.05) is 19.6 Å². The van der Waals surface area contributed by atoms with Crippen LogP contribution in [0.25, 0.3) is 0 Å². The Morgan fingerprint density at radius 3 is 2.65 bits per heavy atom. The molecule has 5 nitrogen and oxygen atoms in total. The monoisotopic (exact) mass is 242 g/mol. The van der Waals surface area contributed by atoms with Crippen LogP contribution < -0.4 is 16.4 Å². The van der Waals surface area contributed by atoms with Crippen molar-refractivity contribution in [2.75, 3.05) is 39.3 Å². The highest BCUT2D eigenvalue weighted by atomic mass is 16.1. The lowest BCUT2D eigenvalue weighted by Crippen LogP contribution is -2.64. The Morgan fingerprint density at radius 1 is 1.47 bits per heavy atom. The van der Waals surface area contributed by atoms with Gasteiger partial charge in [-0.15, -0.1) is 0 Å². The van der Waals surface area contributed by atoms with E-state index in [1.54, 1.807) is 0 Å². The van der Waals surface area contributed by atoms with Crippen LogP contribution in [0.1, 0.15) is 26.7 Å². The topological polar surface area (TPSA) is 70.4 Å². The summed E-state index contributed by atoms with van der Waals surface area (Å²) in [6.45, 7) is 9.78. The molecule has 1 unspecified atom stereocenters. The second-order valence-corrected chi connectivity index (χ2v) is 4.68. The Hall–Kier alpha value is -0.650. The zero-order chi connectivity index (χ0) is 12.7. The number of rotatable bonds is 7. The average molecular weight is 242 g/mol. The number of carbonyl (C=O) groups excluding carboxylic acids is 1. The third-order valence-corrected chi connectivity index (χ3v) is 3.64. The third kappa shape index (κ3) is 3.94. The Kier molecular flexibility index (Phi) is 5.88. The molecular formula is C12H26N4O. The first kappa shape index (κ1) is 14.4. The van der Waals surface area contributed by atoms with Crippen LogP contribution >= 0.6 is 0 Å². The molecule has 0 radical (unpaired) electrons. The van der Waals surface area contributed by atoms with Gasteiger partial charge in [0.15, 0.2) is 0 Å². The standard InChI is InChI=1S/C12H26N4O/c1-3-16(4-2)9-8-15-12(11(13)17)6-5-7-14-10-12/h14-15H,3-10H2,1-2H3,(H2,13,17). The maximum atomic E-state index is 11.6. The van der Waals surface area contributed by atoms with Crippen molar-refractivity contribution in [1.82, 2.24) is 15.5 Å². The van der Waals surface area contributed by atoms with Gasteiger partial charge in [0.05, 0.1) is 0 Å². The van der Waals surface area contributed by atoms with Crippen molar-refractivity contribution < 1.29 is 4.79 Å². The van der Waals surface area contributed by atoms with Crippen LogP contribution in [0.2, 0.25) is 0 Å². The molecule has 1 fully saturated rings. The summed E-state index contributed by atoms with van der Waals surface area (Å²) < 4.78 is 0. The maximum Gasteiger partial charge on any atom is 0.239 e. The molecule has 0 saturated carbocycles. The molecule has 0 spiro atoms. The van der Waals surface area contributed by atoms with Crippen molar-refractivity contribution in [1.29, 1.82) is 0 Å². The molecule has 4 N–H and O–H groups in total. The zero-order valence-electron chi connectivity index (χ0n) is 11.1. The van der Waals surface area contributed by atoms with E-state index < -0.39 is 5.54 Å². The van der Waals surface area contributed by atoms with E-state index in [9.17, 15) is 4.79 Å². The predicted molar refractivity (Wildman–Crippen MR) is 69.8 cm³/mol. The second kappa shape index (κ2) is 6.93. The molecule has 0 aliphatic carbocycles. The smallest absolute Gasteiger partial charge is 0.239 e. The van der Waals surface area contributed by atoms with Crippen LogP contribution in [0.3, 0.4) is 0 Å². The van der Waals surface area contributed by atoms with Crippen molar-refractivity contribution in [3.63, 3.8) is 0 Å². The van der Waals surface area contributed by atoms with Gasteiger partial charge >= 0.3 is 0 Å². The first-order valence-corrected chi connectivity index (χ1v) is 6.62. The van der Waals surface area contributed by atoms with Crippen LogP contribution in [0.5, 0.6) is 0 Å². The number of likely N-dealkylation sites (N-methyl/N-ethyl adjacent to an activating group) is 1. The minimum absolute atomic E-state index is 0.232. The Balaban J connectivity index is 2.42. The molecule has 1 atom stereocenters. The van der Waals surface area contributed by atoms with Crippen molar-refractivity contribution in [2.45, 2.75) is 32.2 Å². The highest BCUT2D eigenvalue weighted by molar-refractivity contribution is 5.85. The van der Waals surface area contributed by atoms with Gasteiger partial charge in [-0.3, -0.25) is 4.79 Å². The van der Waals surface area contributed by atoms with E-state index in [2.05, 4.69) is 29.4 Å². The Bertz CT molecular complexity index is 235. The van der Waals surface area contributed by atoms with Crippen LogP contribution in [0.15, 0.2) is 0 Å². The maximum absolute atomic E-state index is 11.6. The van der Waals surface area contributed by atoms with Gasteiger partial charge in [-0.2, -0.15) is 0 Å². The molecule has 1 heterocycles. The lowest BCUT2D eigenvalue weighted by Gasteiger charge is -2.36. The van der Waals surface area contributed by atoms with Crippen LogP contribution in [0.4, 0.5) is 0 Å². The number of nitrogens with two attached hydrogens (primary N) is 1. The third-order valence-electron chi connectivity index (χ3n) is 3.64. The van der Waals surface area contributed by atoms with E-state index in [0.717, 1.165) is 45.6 Å². The molecule has 17 heavy (non-hydrogen) atoms. The van der Waals surface area contributed by atoms with Gasteiger partial charge in [-0.25, -0.2) is 0 Å². The number of carbonyl (C=O) groups is 1. The van der Waals surface area contributed by atoms with Gasteiger partial charge in [-0.05, 0) is 32.5 Å². The number of piperidine rings is 1. The van der Waals surface area contributed by atoms with E-state index >= 15 is 0 Å². The summed E-state index contributed by atoms with van der Waals surface area (Å²) in [7, 11) is 0. The van der Waals surface area contributed by atoms with E-state index in [0.29, 0.717) is 6.54 Å². The molecular weight excluding hydrogens is 216 g/mol. The summed E-state index contributed by atoms with van der Waals surface area (Å²) in [6, 6.07) is 0. The molecule has 0 aromatic heterocycles. The molecule has 5 heteroatoms. The Labute approximate surface area is 104 Å². The van der Waals surface area contributed by atoms with Crippen molar-refractivity contribution in [3.05, 3.63) is 0 Å². The Morgan fingerprint density at radius 2 is 2.18 bits per heavy atom. The molecule has 100 valence electrons. The van der Waals surface area contributed by atoms with Gasteiger partial charge in [0.25, 0.3) is 0 Å². The number of hydrogen-bond acceptors (Lipinski definition) is 4. The minimum atomic E-state index is -0.536. The molecule has 1 aliphatic heterocycles. The molecule has 0 aromatic carbocycles. The zero-order valence-corrected chi connectivity index (χ0v) is 11.1. The summed E-state index contributed by atoms with van der Waals surface area (Å²) >= 11 is 0. The quantitative estimate of drug-likeness (QED) is 0.564. The molecule has 1 rings (SSSR count). The van der Waals surface area contributed by atoms with Crippen molar-refractivity contribution >= 4 is 5.91 Å². The average Bonchev–Trinajstić information content (AvgIpc) is 2.35. The first-order chi connectivity index (χ1) is 8.14. The highest BCUT2D eigenvalue weighted by Crippen LogP contribution is 2.15. The molecule has 1 aliphatic rings. The number of amides is 1. The fraction of sp³-hybridized carbons (Fsp3) is 0.917. The second-order valence-electron chi connectivity index (χ2n) is 4.68. The number of nitrogens with one attached hydrogen (secondary N) is 2. The SMILES string of the molecule is CCN(CC)CCNC1(C(N)=O)CCCNC1. The lowest BCUT2D eigenvalue weighted by atomic mass is 9.89. The number of hydrogen-bond donors (Lipinski definition) is 3. The molecule has 0 aromatic rings.